The van der Waals surface area contributed by atoms with Crippen LogP contribution in [-0.4, -0.2) is 12.9 Å². The van der Waals surface area contributed by atoms with E-state index in [4.69, 9.17) is 10.5 Å². The minimum Gasteiger partial charge on any atom is -0.497 e. The molecular weight excluding hydrogens is 202 g/mol. The number of rotatable bonds is 5. The quantitative estimate of drug-likeness (QED) is 0.470. The van der Waals surface area contributed by atoms with Crippen LogP contribution >= 0.6 is 0 Å². The molecule has 0 bridgehead atoms. The van der Waals surface area contributed by atoms with Gasteiger partial charge in [0.1, 0.15) is 5.75 Å². The minimum absolute atomic E-state index is 0.0109. The zero-order valence-electron chi connectivity index (χ0n) is 9.75. The third-order valence-corrected chi connectivity index (χ3v) is 2.47. The van der Waals surface area contributed by atoms with Gasteiger partial charge in [-0.05, 0) is 24.6 Å². The summed E-state index contributed by atoms with van der Waals surface area (Å²) in [6.45, 7) is 5.79. The van der Waals surface area contributed by atoms with Crippen LogP contribution in [-0.2, 0) is 0 Å². The highest BCUT2D eigenvalue weighted by Gasteiger charge is 2.11. The largest absolute Gasteiger partial charge is 0.497 e. The first-order valence-electron chi connectivity index (χ1n) is 5.21. The van der Waals surface area contributed by atoms with E-state index in [0.29, 0.717) is 23.4 Å². The number of anilines is 1. The Hall–Kier alpha value is -1.77. The fourth-order valence-electron chi connectivity index (χ4n) is 1.35. The average molecular weight is 219 g/mol. The van der Waals surface area contributed by atoms with Gasteiger partial charge in [-0.25, -0.2) is 0 Å². The lowest BCUT2D eigenvalue weighted by Crippen LogP contribution is -2.05. The standard InChI is InChI=1S/C13H17NO2/c1-4-9(2)7-13(15)11-8-10(16-3)5-6-12(11)14/h5-6,8H,2,4,7,14H2,1,3H3. The lowest BCUT2D eigenvalue weighted by Gasteiger charge is -2.07. The topological polar surface area (TPSA) is 52.3 Å². The van der Waals surface area contributed by atoms with Crippen molar-refractivity contribution in [3.63, 3.8) is 0 Å². The number of hydrogen-bond acceptors (Lipinski definition) is 3. The molecule has 0 spiro atoms. The Balaban J connectivity index is 2.93. The molecule has 0 aliphatic rings. The van der Waals surface area contributed by atoms with Crippen LogP contribution < -0.4 is 10.5 Å². The van der Waals surface area contributed by atoms with Gasteiger partial charge in [-0.2, -0.15) is 0 Å². The van der Waals surface area contributed by atoms with E-state index in [2.05, 4.69) is 6.58 Å². The SMILES string of the molecule is C=C(CC)CC(=O)c1cc(OC)ccc1N. The molecular formula is C13H17NO2. The molecule has 0 amide bonds. The third kappa shape index (κ3) is 2.86. The van der Waals surface area contributed by atoms with Crippen LogP contribution in [0.15, 0.2) is 30.4 Å². The number of hydrogen-bond donors (Lipinski definition) is 1. The number of ether oxygens (including phenoxy) is 1. The van der Waals surface area contributed by atoms with Crippen LogP contribution in [0.4, 0.5) is 5.69 Å². The molecule has 0 fully saturated rings. The lowest BCUT2D eigenvalue weighted by molar-refractivity contribution is 0.0993. The van der Waals surface area contributed by atoms with E-state index in [1.807, 2.05) is 6.92 Å². The molecule has 1 aromatic carbocycles. The molecule has 0 aliphatic carbocycles. The van der Waals surface area contributed by atoms with Crippen molar-refractivity contribution >= 4 is 11.5 Å². The molecule has 3 nitrogen and oxygen atoms in total. The van der Waals surface area contributed by atoms with Crippen LogP contribution in [0.5, 0.6) is 5.75 Å². The number of benzene rings is 1. The van der Waals surface area contributed by atoms with E-state index in [9.17, 15) is 4.79 Å². The summed E-state index contributed by atoms with van der Waals surface area (Å²) in [5, 5.41) is 0. The highest BCUT2D eigenvalue weighted by molar-refractivity contribution is 6.02. The Morgan fingerprint density at radius 1 is 1.50 bits per heavy atom. The van der Waals surface area contributed by atoms with Gasteiger partial charge in [0.25, 0.3) is 0 Å². The number of methoxy groups -OCH3 is 1. The van der Waals surface area contributed by atoms with E-state index in [1.165, 1.54) is 0 Å². The van der Waals surface area contributed by atoms with Crippen molar-refractivity contribution in [1.82, 2.24) is 0 Å². The van der Waals surface area contributed by atoms with E-state index < -0.39 is 0 Å². The summed E-state index contributed by atoms with van der Waals surface area (Å²) in [5.74, 6) is 0.628. The second-order valence-electron chi connectivity index (χ2n) is 3.66. The van der Waals surface area contributed by atoms with Crippen LogP contribution in [0.2, 0.25) is 0 Å². The summed E-state index contributed by atoms with van der Waals surface area (Å²) < 4.78 is 5.06. The van der Waals surface area contributed by atoms with Gasteiger partial charge in [0.2, 0.25) is 0 Å². The number of carbonyl (C=O) groups is 1. The van der Waals surface area contributed by atoms with Gasteiger partial charge >= 0.3 is 0 Å². The number of nitrogen functional groups attached to an aromatic ring is 1. The van der Waals surface area contributed by atoms with Crippen LogP contribution in [0.3, 0.4) is 0 Å². The molecule has 16 heavy (non-hydrogen) atoms. The summed E-state index contributed by atoms with van der Waals surface area (Å²) in [5.41, 5.74) is 7.66. The maximum absolute atomic E-state index is 11.9. The molecule has 0 saturated carbocycles. The number of allylic oxidation sites excluding steroid dienone is 1. The first kappa shape index (κ1) is 12.3. The molecule has 0 aromatic heterocycles. The normalized spacial score (nSPS) is 9.88. The molecule has 1 rings (SSSR count). The van der Waals surface area contributed by atoms with Crippen molar-refractivity contribution in [1.29, 1.82) is 0 Å². The van der Waals surface area contributed by atoms with Gasteiger partial charge in [0, 0.05) is 17.7 Å². The smallest absolute Gasteiger partial charge is 0.169 e. The Morgan fingerprint density at radius 2 is 2.19 bits per heavy atom. The van der Waals surface area contributed by atoms with Gasteiger partial charge < -0.3 is 10.5 Å². The van der Waals surface area contributed by atoms with Gasteiger partial charge in [0.15, 0.2) is 5.78 Å². The summed E-state index contributed by atoms with van der Waals surface area (Å²) in [4.78, 5) is 11.9. The second kappa shape index (κ2) is 5.35. The average Bonchev–Trinajstić information content (AvgIpc) is 2.29. The summed E-state index contributed by atoms with van der Waals surface area (Å²) >= 11 is 0. The summed E-state index contributed by atoms with van der Waals surface area (Å²) in [6, 6.07) is 5.09. The molecule has 0 atom stereocenters. The number of carbonyl (C=O) groups excluding carboxylic acids is 1. The molecule has 0 radical (unpaired) electrons. The third-order valence-electron chi connectivity index (χ3n) is 2.47. The molecule has 0 saturated heterocycles. The van der Waals surface area contributed by atoms with Gasteiger partial charge in [-0.3, -0.25) is 4.79 Å². The Bertz CT molecular complexity index is 410. The van der Waals surface area contributed by atoms with Crippen molar-refractivity contribution in [3.8, 4) is 5.75 Å². The lowest BCUT2D eigenvalue weighted by atomic mass is 10.0. The Morgan fingerprint density at radius 3 is 2.75 bits per heavy atom. The molecule has 0 unspecified atom stereocenters. The maximum atomic E-state index is 11.9. The molecule has 3 heteroatoms. The van der Waals surface area contributed by atoms with E-state index in [0.717, 1.165) is 12.0 Å². The van der Waals surface area contributed by atoms with E-state index in [1.54, 1.807) is 25.3 Å². The molecule has 0 aliphatic heterocycles. The van der Waals surface area contributed by atoms with Crippen molar-refractivity contribution < 1.29 is 9.53 Å². The molecule has 0 heterocycles. The number of nitrogens with two attached hydrogens (primary N) is 1. The van der Waals surface area contributed by atoms with Gasteiger partial charge in [0.05, 0.1) is 7.11 Å². The molecule has 1 aromatic rings. The minimum atomic E-state index is -0.0109. The predicted octanol–water partition coefficient (Wildman–Crippen LogP) is 2.82. The van der Waals surface area contributed by atoms with Crippen LogP contribution in [0.25, 0.3) is 0 Å². The van der Waals surface area contributed by atoms with E-state index >= 15 is 0 Å². The van der Waals surface area contributed by atoms with Crippen molar-refractivity contribution in [2.24, 2.45) is 0 Å². The van der Waals surface area contributed by atoms with Crippen molar-refractivity contribution in [3.05, 3.63) is 35.9 Å². The fraction of sp³-hybridized carbons (Fsp3) is 0.308. The van der Waals surface area contributed by atoms with Gasteiger partial charge in [-0.1, -0.05) is 19.1 Å². The monoisotopic (exact) mass is 219 g/mol. The highest BCUT2D eigenvalue weighted by atomic mass is 16.5. The predicted molar refractivity (Wildman–Crippen MR) is 65.8 cm³/mol. The van der Waals surface area contributed by atoms with E-state index in [-0.39, 0.29) is 5.78 Å². The summed E-state index contributed by atoms with van der Waals surface area (Å²) in [7, 11) is 1.56. The van der Waals surface area contributed by atoms with Crippen LogP contribution in [0, 0.1) is 0 Å². The van der Waals surface area contributed by atoms with Crippen molar-refractivity contribution in [2.45, 2.75) is 19.8 Å². The number of ketones is 1. The van der Waals surface area contributed by atoms with Crippen molar-refractivity contribution in [2.75, 3.05) is 12.8 Å². The first-order valence-corrected chi connectivity index (χ1v) is 5.21. The second-order valence-corrected chi connectivity index (χ2v) is 3.66. The molecule has 2 N–H and O–H groups in total. The fourth-order valence-corrected chi connectivity index (χ4v) is 1.35. The molecule has 86 valence electrons. The van der Waals surface area contributed by atoms with Crippen LogP contribution in [0.1, 0.15) is 30.1 Å². The zero-order chi connectivity index (χ0) is 12.1. The highest BCUT2D eigenvalue weighted by Crippen LogP contribution is 2.22. The first-order chi connectivity index (χ1) is 7.58. The van der Waals surface area contributed by atoms with Gasteiger partial charge in [-0.15, -0.1) is 0 Å². The Labute approximate surface area is 95.9 Å². The maximum Gasteiger partial charge on any atom is 0.169 e. The zero-order valence-corrected chi connectivity index (χ0v) is 9.75. The Kier molecular flexibility index (Phi) is 4.11. The number of Topliss-reactive ketones (excluding diaryl/α,β-unsaturated/α-hetero) is 1. The summed E-state index contributed by atoms with van der Waals surface area (Å²) in [6.07, 6.45) is 1.14.